The molecular weight excluding hydrogens is 336 g/mol. The number of amides is 1. The van der Waals surface area contributed by atoms with Gasteiger partial charge in [0.1, 0.15) is 17.2 Å². The molecule has 0 fully saturated rings. The highest BCUT2D eigenvalue weighted by Gasteiger charge is 2.21. The molecule has 0 bridgehead atoms. The van der Waals surface area contributed by atoms with E-state index in [4.69, 9.17) is 0 Å². The Labute approximate surface area is 150 Å². The minimum atomic E-state index is -0.941. The van der Waals surface area contributed by atoms with Crippen molar-refractivity contribution in [2.45, 2.75) is 18.4 Å². The monoisotopic (exact) mass is 354 g/mol. The van der Waals surface area contributed by atoms with Gasteiger partial charge in [-0.05, 0) is 35.8 Å². The smallest absolute Gasteiger partial charge is 0.257 e. The highest BCUT2D eigenvalue weighted by Crippen LogP contribution is 2.26. The molecule has 26 heavy (non-hydrogen) atoms. The van der Waals surface area contributed by atoms with Gasteiger partial charge in [0, 0.05) is 5.92 Å². The van der Waals surface area contributed by atoms with Gasteiger partial charge in [-0.1, -0.05) is 48.6 Å². The van der Waals surface area contributed by atoms with E-state index in [2.05, 4.69) is 17.5 Å². The highest BCUT2D eigenvalue weighted by atomic mass is 19.1. The Kier molecular flexibility index (Phi) is 5.58. The predicted molar refractivity (Wildman–Crippen MR) is 94.4 cm³/mol. The quantitative estimate of drug-likeness (QED) is 0.857. The first kappa shape index (κ1) is 18.0. The molecule has 1 unspecified atom stereocenters. The summed E-state index contributed by atoms with van der Waals surface area (Å²) in [6.07, 6.45) is 9.79. The molecule has 2 aromatic rings. The SMILES string of the molecule is O=C(N[C@H](CO)c1ccc(C2C=C[C]=CC2)cc1)c1c(F)cccc1F. The number of nitrogens with one attached hydrogen (secondary N) is 1. The van der Waals surface area contributed by atoms with Crippen LogP contribution in [-0.2, 0) is 0 Å². The molecule has 2 N–H and O–H groups in total. The van der Waals surface area contributed by atoms with Crippen LogP contribution in [0, 0.1) is 17.7 Å². The third-order valence-corrected chi connectivity index (χ3v) is 4.36. The molecule has 3 rings (SSSR count). The number of benzene rings is 2. The summed E-state index contributed by atoms with van der Waals surface area (Å²) >= 11 is 0. The van der Waals surface area contributed by atoms with Gasteiger partial charge in [-0.25, -0.2) is 8.78 Å². The van der Waals surface area contributed by atoms with Gasteiger partial charge >= 0.3 is 0 Å². The Hall–Kier alpha value is -2.79. The number of allylic oxidation sites excluding steroid dienone is 4. The van der Waals surface area contributed by atoms with Crippen molar-refractivity contribution in [3.8, 4) is 0 Å². The molecule has 0 spiro atoms. The molecule has 1 aliphatic rings. The van der Waals surface area contributed by atoms with Crippen molar-refractivity contribution in [2.75, 3.05) is 6.61 Å². The first-order valence-electron chi connectivity index (χ1n) is 8.30. The van der Waals surface area contributed by atoms with Crippen molar-refractivity contribution < 1.29 is 18.7 Å². The number of hydrogen-bond acceptors (Lipinski definition) is 2. The van der Waals surface area contributed by atoms with E-state index in [1.807, 2.05) is 24.3 Å². The van der Waals surface area contributed by atoms with Crippen LogP contribution in [0.2, 0.25) is 0 Å². The molecule has 133 valence electrons. The summed E-state index contributed by atoms with van der Waals surface area (Å²) in [7, 11) is 0. The molecule has 2 aromatic carbocycles. The standard InChI is InChI=1S/C21H18F2NO2/c22-17-7-4-8-18(23)20(17)21(26)24-19(13-25)16-11-9-15(10-12-16)14-5-2-1-3-6-14/h2-5,7-12,14,19,25H,6,13H2,(H,24,26)/t14?,19-/m1/s1. The number of carbonyl (C=O) groups is 1. The van der Waals surface area contributed by atoms with Gasteiger partial charge in [-0.3, -0.25) is 4.79 Å². The van der Waals surface area contributed by atoms with Gasteiger partial charge in [0.25, 0.3) is 5.91 Å². The van der Waals surface area contributed by atoms with Gasteiger partial charge in [0.15, 0.2) is 0 Å². The lowest BCUT2D eigenvalue weighted by Crippen LogP contribution is -2.32. The van der Waals surface area contributed by atoms with Crippen LogP contribution in [0.5, 0.6) is 0 Å². The molecule has 0 saturated heterocycles. The maximum absolute atomic E-state index is 13.7. The summed E-state index contributed by atoms with van der Waals surface area (Å²) in [4.78, 5) is 12.2. The first-order valence-corrected chi connectivity index (χ1v) is 8.30. The van der Waals surface area contributed by atoms with Gasteiger partial charge in [-0.2, -0.15) is 0 Å². The second-order valence-electron chi connectivity index (χ2n) is 6.04. The van der Waals surface area contributed by atoms with Crippen LogP contribution in [0.15, 0.2) is 60.7 Å². The maximum atomic E-state index is 13.7. The molecular formula is C21H18F2NO2. The van der Waals surface area contributed by atoms with Crippen LogP contribution < -0.4 is 5.32 Å². The van der Waals surface area contributed by atoms with Crippen LogP contribution in [0.4, 0.5) is 8.78 Å². The zero-order valence-electron chi connectivity index (χ0n) is 14.0. The summed E-state index contributed by atoms with van der Waals surface area (Å²) in [5.74, 6) is -2.52. The Balaban J connectivity index is 1.75. The fourth-order valence-electron chi connectivity index (χ4n) is 2.92. The van der Waals surface area contributed by atoms with Gasteiger partial charge in [0.2, 0.25) is 0 Å². The Bertz CT molecular complexity index is 823. The summed E-state index contributed by atoms with van der Waals surface area (Å²) < 4.78 is 27.5. The van der Waals surface area contributed by atoms with Gasteiger partial charge < -0.3 is 10.4 Å². The second-order valence-corrected chi connectivity index (χ2v) is 6.04. The average molecular weight is 354 g/mol. The van der Waals surface area contributed by atoms with Crippen LogP contribution in [0.25, 0.3) is 0 Å². The lowest BCUT2D eigenvalue weighted by Gasteiger charge is -2.19. The fraction of sp³-hybridized carbons (Fsp3) is 0.190. The van der Waals surface area contributed by atoms with Crippen molar-refractivity contribution in [1.82, 2.24) is 5.32 Å². The second kappa shape index (κ2) is 8.06. The van der Waals surface area contributed by atoms with Crippen molar-refractivity contribution in [2.24, 2.45) is 0 Å². The lowest BCUT2D eigenvalue weighted by atomic mass is 9.91. The summed E-state index contributed by atoms with van der Waals surface area (Å²) in [6, 6.07) is 9.90. The van der Waals surface area contributed by atoms with Crippen LogP contribution >= 0.6 is 0 Å². The van der Waals surface area contributed by atoms with Gasteiger partial charge in [0.05, 0.1) is 12.6 Å². The van der Waals surface area contributed by atoms with E-state index in [0.29, 0.717) is 5.56 Å². The van der Waals surface area contributed by atoms with Crippen molar-refractivity contribution in [3.05, 3.63) is 95.1 Å². The molecule has 2 atom stereocenters. The molecule has 1 aliphatic carbocycles. The number of aliphatic hydroxyl groups excluding tert-OH is 1. The number of carbonyl (C=O) groups excluding carboxylic acids is 1. The summed E-state index contributed by atoms with van der Waals surface area (Å²) in [5.41, 5.74) is 1.10. The average Bonchev–Trinajstić information content (AvgIpc) is 2.67. The van der Waals surface area contributed by atoms with Crippen LogP contribution in [0.1, 0.15) is 39.9 Å². The Morgan fingerprint density at radius 1 is 1.19 bits per heavy atom. The predicted octanol–water partition coefficient (Wildman–Crippen LogP) is 3.83. The van der Waals surface area contributed by atoms with Crippen molar-refractivity contribution in [1.29, 1.82) is 0 Å². The molecule has 1 radical (unpaired) electrons. The molecule has 1 amide bonds. The van der Waals surface area contributed by atoms with E-state index >= 15 is 0 Å². The highest BCUT2D eigenvalue weighted by molar-refractivity contribution is 5.95. The normalized spacial score (nSPS) is 17.1. The third kappa shape index (κ3) is 3.89. The maximum Gasteiger partial charge on any atom is 0.257 e. The largest absolute Gasteiger partial charge is 0.394 e. The minimum Gasteiger partial charge on any atom is -0.394 e. The number of halogens is 2. The van der Waals surface area contributed by atoms with E-state index in [0.717, 1.165) is 24.1 Å². The van der Waals surface area contributed by atoms with Crippen molar-refractivity contribution in [3.63, 3.8) is 0 Å². The molecule has 0 aliphatic heterocycles. The Morgan fingerprint density at radius 3 is 2.46 bits per heavy atom. The summed E-state index contributed by atoms with van der Waals surface area (Å²) in [6.45, 7) is -0.387. The van der Waals surface area contributed by atoms with Gasteiger partial charge in [-0.15, -0.1) is 0 Å². The Morgan fingerprint density at radius 2 is 1.88 bits per heavy atom. The lowest BCUT2D eigenvalue weighted by molar-refractivity contribution is 0.0907. The third-order valence-electron chi connectivity index (χ3n) is 4.36. The first-order chi connectivity index (χ1) is 12.6. The minimum absolute atomic E-state index is 0.264. The van der Waals surface area contributed by atoms with E-state index in [9.17, 15) is 18.7 Å². The van der Waals surface area contributed by atoms with Crippen LogP contribution in [-0.4, -0.2) is 17.6 Å². The van der Waals surface area contributed by atoms with E-state index in [1.54, 1.807) is 12.1 Å². The number of hydrogen-bond donors (Lipinski definition) is 2. The van der Waals surface area contributed by atoms with E-state index < -0.39 is 29.1 Å². The zero-order valence-corrected chi connectivity index (χ0v) is 14.0. The van der Waals surface area contributed by atoms with Crippen molar-refractivity contribution >= 4 is 5.91 Å². The molecule has 0 aromatic heterocycles. The van der Waals surface area contributed by atoms with E-state index in [1.165, 1.54) is 6.07 Å². The topological polar surface area (TPSA) is 49.3 Å². The zero-order chi connectivity index (χ0) is 18.5. The summed E-state index contributed by atoms with van der Waals surface area (Å²) in [5, 5.41) is 12.1. The fourth-order valence-corrected chi connectivity index (χ4v) is 2.92. The molecule has 3 nitrogen and oxygen atoms in total. The van der Waals surface area contributed by atoms with Crippen LogP contribution in [0.3, 0.4) is 0 Å². The number of aliphatic hydroxyl groups is 1. The molecule has 0 heterocycles. The molecule has 5 heteroatoms. The number of rotatable bonds is 5. The van der Waals surface area contributed by atoms with E-state index in [-0.39, 0.29) is 12.5 Å². The molecule has 0 saturated carbocycles.